The number of hydrogen-bond donors (Lipinski definition) is 3. The van der Waals surface area contributed by atoms with Crippen LogP contribution in [-0.2, 0) is 19.5 Å². The van der Waals surface area contributed by atoms with Crippen LogP contribution in [0.3, 0.4) is 0 Å². The molecule has 0 bridgehead atoms. The van der Waals surface area contributed by atoms with E-state index >= 15 is 0 Å². The Hall–Kier alpha value is -1.59. The number of methoxy groups -OCH3 is 1. The van der Waals surface area contributed by atoms with Gasteiger partial charge in [0.1, 0.15) is 6.10 Å². The molecule has 6 atom stereocenters. The molecular formula is C26H48N4O6S. The lowest BCUT2D eigenvalue weighted by atomic mass is 9.83. The van der Waals surface area contributed by atoms with Crippen molar-refractivity contribution in [2.75, 3.05) is 20.2 Å². The van der Waals surface area contributed by atoms with Crippen LogP contribution in [0, 0.1) is 5.92 Å². The van der Waals surface area contributed by atoms with E-state index in [0.717, 1.165) is 38.5 Å². The highest BCUT2D eigenvalue weighted by Gasteiger charge is 2.40. The Kier molecular flexibility index (Phi) is 11.3. The van der Waals surface area contributed by atoms with Gasteiger partial charge in [-0.2, -0.15) is 0 Å². The molecule has 3 fully saturated rings. The normalized spacial score (nSPS) is 31.5. The number of rotatable bonds is 9. The third-order valence-electron chi connectivity index (χ3n) is 8.50. The number of carbonyl (C=O) groups excluding carboxylic acids is 2. The molecule has 3 aliphatic rings. The van der Waals surface area contributed by atoms with Crippen molar-refractivity contribution in [3.8, 4) is 0 Å². The Labute approximate surface area is 223 Å². The molecule has 0 spiro atoms. The lowest BCUT2D eigenvalue weighted by Crippen LogP contribution is -2.57. The number of nitrogens with one attached hydrogen (secondary N) is 3. The summed E-state index contributed by atoms with van der Waals surface area (Å²) in [5.74, 6) is 0.263. The molecule has 6 unspecified atom stereocenters. The smallest absolute Gasteiger partial charge is 0.407 e. The van der Waals surface area contributed by atoms with E-state index in [-0.39, 0.29) is 42.3 Å². The zero-order valence-corrected chi connectivity index (χ0v) is 23.9. The molecule has 3 saturated carbocycles. The lowest BCUT2D eigenvalue weighted by molar-refractivity contribution is 0.0451. The van der Waals surface area contributed by atoms with E-state index in [1.807, 2.05) is 13.8 Å². The minimum absolute atomic E-state index is 0.00885. The molecule has 3 rings (SSSR count). The predicted molar refractivity (Wildman–Crippen MR) is 143 cm³/mol. The summed E-state index contributed by atoms with van der Waals surface area (Å²) in [4.78, 5) is 25.5. The van der Waals surface area contributed by atoms with Crippen molar-refractivity contribution < 1.29 is 27.5 Å². The highest BCUT2D eigenvalue weighted by Crippen LogP contribution is 2.29. The number of hydrogen-bond acceptors (Lipinski definition) is 6. The summed E-state index contributed by atoms with van der Waals surface area (Å²) in [7, 11) is -1.84. The third-order valence-corrected chi connectivity index (χ3v) is 11.0. The van der Waals surface area contributed by atoms with Gasteiger partial charge in [0.2, 0.25) is 10.0 Å². The minimum Gasteiger partial charge on any atom is -0.446 e. The lowest BCUT2D eigenvalue weighted by Gasteiger charge is -2.38. The van der Waals surface area contributed by atoms with E-state index in [1.54, 1.807) is 7.11 Å². The van der Waals surface area contributed by atoms with Gasteiger partial charge in [-0.05, 0) is 70.1 Å². The maximum Gasteiger partial charge on any atom is 0.407 e. The number of ether oxygens (including phenoxy) is 2. The van der Waals surface area contributed by atoms with Gasteiger partial charge in [-0.25, -0.2) is 22.3 Å². The predicted octanol–water partition coefficient (Wildman–Crippen LogP) is 3.51. The molecular weight excluding hydrogens is 496 g/mol. The fraction of sp³-hybridized carbons (Fsp3) is 0.923. The second kappa shape index (κ2) is 14.0. The van der Waals surface area contributed by atoms with Gasteiger partial charge >= 0.3 is 12.1 Å². The number of amides is 3. The Morgan fingerprint density at radius 3 is 2.19 bits per heavy atom. The van der Waals surface area contributed by atoms with Crippen molar-refractivity contribution in [2.45, 2.75) is 127 Å². The molecule has 0 aromatic carbocycles. The van der Waals surface area contributed by atoms with Gasteiger partial charge in [0.25, 0.3) is 0 Å². The highest BCUT2D eigenvalue weighted by atomic mass is 32.2. The second-order valence-electron chi connectivity index (χ2n) is 11.0. The van der Waals surface area contributed by atoms with Gasteiger partial charge in [-0.15, -0.1) is 0 Å². The molecule has 0 aromatic heterocycles. The van der Waals surface area contributed by atoms with Crippen LogP contribution in [0.5, 0.6) is 0 Å². The fourth-order valence-electron chi connectivity index (χ4n) is 6.17. The topological polar surface area (TPSA) is 126 Å². The first kappa shape index (κ1) is 30.0. The molecule has 0 radical (unpaired) electrons. The summed E-state index contributed by atoms with van der Waals surface area (Å²) in [5.41, 5.74) is 0. The Morgan fingerprint density at radius 2 is 1.54 bits per heavy atom. The molecule has 214 valence electrons. The van der Waals surface area contributed by atoms with Crippen molar-refractivity contribution in [3.63, 3.8) is 0 Å². The van der Waals surface area contributed by atoms with Gasteiger partial charge in [0, 0.05) is 32.3 Å². The summed E-state index contributed by atoms with van der Waals surface area (Å²) < 4.78 is 38.9. The second-order valence-corrected chi connectivity index (χ2v) is 13.2. The molecule has 0 heterocycles. The molecule has 0 saturated heterocycles. The molecule has 0 aliphatic heterocycles. The third kappa shape index (κ3) is 8.20. The molecule has 3 aliphatic carbocycles. The first-order valence-corrected chi connectivity index (χ1v) is 15.7. The standard InChI is InChI=1S/C26H48N4O6S/c1-5-30(6-2)37(33,34)21-14-15-24(35-4)23(17-21)29-25(31)28-22-16-19(13-12-18(22)3)27-26(32)36-20-10-8-7-9-11-20/h18-24H,5-17H2,1-4H3,(H,27,32)(H2,28,29,31). The molecule has 10 nitrogen and oxygen atoms in total. The summed E-state index contributed by atoms with van der Waals surface area (Å²) >= 11 is 0. The van der Waals surface area contributed by atoms with E-state index in [1.165, 1.54) is 10.7 Å². The van der Waals surface area contributed by atoms with Crippen LogP contribution in [0.15, 0.2) is 0 Å². The summed E-state index contributed by atoms with van der Waals surface area (Å²) in [6.07, 6.45) is 8.46. The zero-order valence-electron chi connectivity index (χ0n) is 23.0. The quantitative estimate of drug-likeness (QED) is 0.408. The van der Waals surface area contributed by atoms with Crippen molar-refractivity contribution in [2.24, 2.45) is 5.92 Å². The first-order valence-electron chi connectivity index (χ1n) is 14.2. The summed E-state index contributed by atoms with van der Waals surface area (Å²) in [5, 5.41) is 8.56. The van der Waals surface area contributed by atoms with E-state index in [0.29, 0.717) is 38.8 Å². The van der Waals surface area contributed by atoms with Crippen molar-refractivity contribution >= 4 is 22.1 Å². The Bertz CT molecular complexity index is 846. The van der Waals surface area contributed by atoms with Gasteiger partial charge in [0.15, 0.2) is 0 Å². The molecule has 11 heteroatoms. The van der Waals surface area contributed by atoms with Crippen LogP contribution >= 0.6 is 0 Å². The van der Waals surface area contributed by atoms with Crippen molar-refractivity contribution in [3.05, 3.63) is 0 Å². The van der Waals surface area contributed by atoms with Crippen molar-refractivity contribution in [1.29, 1.82) is 0 Å². The average molecular weight is 545 g/mol. The van der Waals surface area contributed by atoms with Crippen LogP contribution in [0.25, 0.3) is 0 Å². The van der Waals surface area contributed by atoms with Gasteiger partial charge in [0.05, 0.1) is 17.4 Å². The largest absolute Gasteiger partial charge is 0.446 e. The van der Waals surface area contributed by atoms with Crippen LogP contribution < -0.4 is 16.0 Å². The van der Waals surface area contributed by atoms with Crippen LogP contribution in [-0.4, -0.2) is 80.6 Å². The van der Waals surface area contributed by atoms with E-state index in [2.05, 4.69) is 22.9 Å². The molecule has 3 amide bonds. The minimum atomic E-state index is -3.44. The Balaban J connectivity index is 1.53. The number of carbonyl (C=O) groups is 2. The molecule has 3 N–H and O–H groups in total. The van der Waals surface area contributed by atoms with Gasteiger partial charge in [-0.3, -0.25) is 0 Å². The van der Waals surface area contributed by atoms with E-state index in [9.17, 15) is 18.0 Å². The SMILES string of the molecule is CCN(CC)S(=O)(=O)C1CCC(OC)C(NC(=O)NC2CC(NC(=O)OC3CCCCC3)CCC2C)C1. The van der Waals surface area contributed by atoms with Gasteiger partial charge in [-0.1, -0.05) is 27.2 Å². The molecule has 0 aromatic rings. The molecule has 37 heavy (non-hydrogen) atoms. The first-order chi connectivity index (χ1) is 17.7. The van der Waals surface area contributed by atoms with Crippen molar-refractivity contribution in [1.82, 2.24) is 20.3 Å². The summed E-state index contributed by atoms with van der Waals surface area (Å²) in [6, 6.07) is -0.876. The maximum atomic E-state index is 13.1. The van der Waals surface area contributed by atoms with E-state index < -0.39 is 21.3 Å². The fourth-order valence-corrected chi connectivity index (χ4v) is 8.20. The van der Waals surface area contributed by atoms with Crippen LogP contribution in [0.2, 0.25) is 0 Å². The number of nitrogens with zero attached hydrogens (tertiary/aromatic N) is 1. The maximum absolute atomic E-state index is 13.1. The Morgan fingerprint density at radius 1 is 0.865 bits per heavy atom. The zero-order chi connectivity index (χ0) is 27.0. The van der Waals surface area contributed by atoms with Crippen LogP contribution in [0.4, 0.5) is 9.59 Å². The summed E-state index contributed by atoms with van der Waals surface area (Å²) in [6.45, 7) is 6.66. The monoisotopic (exact) mass is 544 g/mol. The number of urea groups is 1. The number of alkyl carbamates (subject to hydrolysis) is 1. The highest BCUT2D eigenvalue weighted by molar-refractivity contribution is 7.89. The van der Waals surface area contributed by atoms with Crippen LogP contribution in [0.1, 0.15) is 91.4 Å². The van der Waals surface area contributed by atoms with E-state index in [4.69, 9.17) is 9.47 Å². The average Bonchev–Trinajstić information content (AvgIpc) is 2.87. The number of sulfonamides is 1. The van der Waals surface area contributed by atoms with Gasteiger partial charge < -0.3 is 25.4 Å².